The highest BCUT2D eigenvalue weighted by atomic mass is 16.5. The third kappa shape index (κ3) is 3.79. The first-order valence-corrected chi connectivity index (χ1v) is 6.43. The third-order valence-corrected chi connectivity index (χ3v) is 3.27. The third-order valence-electron chi connectivity index (χ3n) is 3.27. The summed E-state index contributed by atoms with van der Waals surface area (Å²) in [6.07, 6.45) is 2.10. The number of carbonyl (C=O) groups excluding carboxylic acids is 2. The Labute approximate surface area is 112 Å². The first-order chi connectivity index (χ1) is 9.16. The molecule has 1 fully saturated rings. The Morgan fingerprint density at radius 1 is 1.26 bits per heavy atom. The second-order valence-electron chi connectivity index (χ2n) is 4.72. The van der Waals surface area contributed by atoms with Crippen LogP contribution in [-0.4, -0.2) is 25.0 Å². The van der Waals surface area contributed by atoms with Gasteiger partial charge in [-0.15, -0.1) is 0 Å². The van der Waals surface area contributed by atoms with Crippen LogP contribution in [0.1, 0.15) is 29.6 Å². The quantitative estimate of drug-likeness (QED) is 0.805. The average Bonchev–Trinajstić information content (AvgIpc) is 2.40. The van der Waals surface area contributed by atoms with Crippen molar-refractivity contribution in [1.82, 2.24) is 5.32 Å². The van der Waals surface area contributed by atoms with Crippen LogP contribution in [0.2, 0.25) is 0 Å². The molecule has 0 saturated carbocycles. The Bertz CT molecular complexity index is 468. The molecule has 0 aliphatic carbocycles. The van der Waals surface area contributed by atoms with Crippen molar-refractivity contribution in [2.45, 2.75) is 19.3 Å². The topological polar surface area (TPSA) is 81.4 Å². The predicted molar refractivity (Wildman–Crippen MR) is 71.5 cm³/mol. The van der Waals surface area contributed by atoms with Crippen LogP contribution in [0, 0.1) is 5.92 Å². The molecule has 2 rings (SSSR count). The number of nitrogens with one attached hydrogen (secondary N) is 1. The van der Waals surface area contributed by atoms with Gasteiger partial charge in [0.25, 0.3) is 5.91 Å². The molecule has 0 spiro atoms. The maximum absolute atomic E-state index is 11.9. The number of hydrogen-bond donors (Lipinski definition) is 2. The first-order valence-electron chi connectivity index (χ1n) is 6.43. The van der Waals surface area contributed by atoms with E-state index >= 15 is 0 Å². The average molecular weight is 262 g/mol. The summed E-state index contributed by atoms with van der Waals surface area (Å²) in [5.74, 6) is -0.384. The minimum atomic E-state index is -0.435. The van der Waals surface area contributed by atoms with Crippen molar-refractivity contribution in [2.24, 2.45) is 5.92 Å². The summed E-state index contributed by atoms with van der Waals surface area (Å²) >= 11 is 0. The molecular formula is C14H18N2O3. The number of benzene rings is 1. The Morgan fingerprint density at radius 2 is 1.95 bits per heavy atom. The summed E-state index contributed by atoms with van der Waals surface area (Å²) in [5.41, 5.74) is 6.40. The van der Waals surface area contributed by atoms with E-state index < -0.39 is 5.91 Å². The standard InChI is InChI=1S/C14H18N2O3/c15-12-4-2-1-3-11(12)14(18)16-13(17)9-10-5-7-19-8-6-10/h1-4,10H,5-9,15H2,(H,16,17,18). The van der Waals surface area contributed by atoms with Crippen LogP contribution in [0.5, 0.6) is 0 Å². The lowest BCUT2D eigenvalue weighted by Gasteiger charge is -2.21. The van der Waals surface area contributed by atoms with Crippen molar-refractivity contribution in [3.8, 4) is 0 Å². The molecule has 102 valence electrons. The summed E-state index contributed by atoms with van der Waals surface area (Å²) in [6, 6.07) is 6.70. The molecule has 1 aromatic rings. The van der Waals surface area contributed by atoms with Crippen molar-refractivity contribution in [3.63, 3.8) is 0 Å². The van der Waals surface area contributed by atoms with Crippen LogP contribution in [-0.2, 0) is 9.53 Å². The zero-order valence-electron chi connectivity index (χ0n) is 10.7. The van der Waals surface area contributed by atoms with Crippen LogP contribution in [0.25, 0.3) is 0 Å². The lowest BCUT2D eigenvalue weighted by atomic mass is 9.96. The zero-order chi connectivity index (χ0) is 13.7. The molecular weight excluding hydrogens is 244 g/mol. The van der Waals surface area contributed by atoms with Crippen LogP contribution in [0.4, 0.5) is 5.69 Å². The van der Waals surface area contributed by atoms with Gasteiger partial charge < -0.3 is 10.5 Å². The highest BCUT2D eigenvalue weighted by molar-refractivity contribution is 6.07. The fraction of sp³-hybridized carbons (Fsp3) is 0.429. The highest BCUT2D eigenvalue weighted by Crippen LogP contribution is 2.18. The molecule has 2 amide bonds. The fourth-order valence-electron chi connectivity index (χ4n) is 2.16. The van der Waals surface area contributed by atoms with Gasteiger partial charge in [-0.2, -0.15) is 0 Å². The molecule has 0 atom stereocenters. The second-order valence-corrected chi connectivity index (χ2v) is 4.72. The molecule has 1 aliphatic heterocycles. The number of para-hydroxylation sites is 1. The van der Waals surface area contributed by atoms with Crippen molar-refractivity contribution in [1.29, 1.82) is 0 Å². The van der Waals surface area contributed by atoms with E-state index in [1.54, 1.807) is 24.3 Å². The van der Waals surface area contributed by atoms with Gasteiger partial charge in [0.2, 0.25) is 5.91 Å². The van der Waals surface area contributed by atoms with Crippen LogP contribution < -0.4 is 11.1 Å². The van der Waals surface area contributed by atoms with Gasteiger partial charge >= 0.3 is 0 Å². The summed E-state index contributed by atoms with van der Waals surface area (Å²) in [7, 11) is 0. The molecule has 0 aromatic heterocycles. The molecule has 0 bridgehead atoms. The van der Waals surface area contributed by atoms with E-state index in [-0.39, 0.29) is 5.91 Å². The van der Waals surface area contributed by atoms with Crippen LogP contribution in [0.15, 0.2) is 24.3 Å². The van der Waals surface area contributed by atoms with Crippen LogP contribution in [0.3, 0.4) is 0 Å². The number of rotatable bonds is 3. The molecule has 1 heterocycles. The minimum absolute atomic E-state index is 0.250. The fourth-order valence-corrected chi connectivity index (χ4v) is 2.16. The maximum Gasteiger partial charge on any atom is 0.259 e. The van der Waals surface area contributed by atoms with Crippen molar-refractivity contribution in [3.05, 3.63) is 29.8 Å². The van der Waals surface area contributed by atoms with Gasteiger partial charge in [-0.3, -0.25) is 14.9 Å². The summed E-state index contributed by atoms with van der Waals surface area (Å²) in [6.45, 7) is 1.38. The summed E-state index contributed by atoms with van der Waals surface area (Å²) in [4.78, 5) is 23.7. The van der Waals surface area contributed by atoms with Crippen molar-refractivity contribution < 1.29 is 14.3 Å². The van der Waals surface area contributed by atoms with E-state index in [2.05, 4.69) is 5.32 Å². The van der Waals surface area contributed by atoms with Gasteiger partial charge in [0, 0.05) is 25.3 Å². The molecule has 1 aliphatic rings. The zero-order valence-corrected chi connectivity index (χ0v) is 10.7. The molecule has 5 nitrogen and oxygen atoms in total. The highest BCUT2D eigenvalue weighted by Gasteiger charge is 2.19. The second kappa shape index (κ2) is 6.33. The van der Waals surface area contributed by atoms with E-state index in [0.29, 0.717) is 36.8 Å². The molecule has 3 N–H and O–H groups in total. The summed E-state index contributed by atoms with van der Waals surface area (Å²) < 4.78 is 5.23. The molecule has 19 heavy (non-hydrogen) atoms. The normalized spacial score (nSPS) is 16.0. The molecule has 0 unspecified atom stereocenters. The van der Waals surface area contributed by atoms with Crippen LogP contribution >= 0.6 is 0 Å². The van der Waals surface area contributed by atoms with Gasteiger partial charge in [-0.25, -0.2) is 0 Å². The number of imide groups is 1. The minimum Gasteiger partial charge on any atom is -0.398 e. The Kier molecular flexibility index (Phi) is 4.52. The number of hydrogen-bond acceptors (Lipinski definition) is 4. The molecule has 1 saturated heterocycles. The van der Waals surface area contributed by atoms with E-state index in [0.717, 1.165) is 12.8 Å². The Balaban J connectivity index is 1.88. The number of nitrogens with two attached hydrogens (primary N) is 1. The SMILES string of the molecule is Nc1ccccc1C(=O)NC(=O)CC1CCOCC1. The number of nitrogen functional groups attached to an aromatic ring is 1. The molecule has 0 radical (unpaired) electrons. The number of ether oxygens (including phenoxy) is 1. The van der Waals surface area contributed by atoms with E-state index in [4.69, 9.17) is 10.5 Å². The largest absolute Gasteiger partial charge is 0.398 e. The summed E-state index contributed by atoms with van der Waals surface area (Å²) in [5, 5.41) is 2.39. The van der Waals surface area contributed by atoms with Gasteiger partial charge in [-0.05, 0) is 30.9 Å². The Hall–Kier alpha value is -1.88. The lowest BCUT2D eigenvalue weighted by Crippen LogP contribution is -2.33. The Morgan fingerprint density at radius 3 is 2.63 bits per heavy atom. The molecule has 1 aromatic carbocycles. The van der Waals surface area contributed by atoms with Gasteiger partial charge in [0.05, 0.1) is 5.56 Å². The van der Waals surface area contributed by atoms with Gasteiger partial charge in [0.1, 0.15) is 0 Å². The lowest BCUT2D eigenvalue weighted by molar-refractivity contribution is -0.121. The molecule has 5 heteroatoms. The van der Waals surface area contributed by atoms with Gasteiger partial charge in [0.15, 0.2) is 0 Å². The predicted octanol–water partition coefficient (Wildman–Crippen LogP) is 1.34. The number of amides is 2. The van der Waals surface area contributed by atoms with Crippen molar-refractivity contribution in [2.75, 3.05) is 18.9 Å². The monoisotopic (exact) mass is 262 g/mol. The maximum atomic E-state index is 11.9. The van der Waals surface area contributed by atoms with E-state index in [1.807, 2.05) is 0 Å². The van der Waals surface area contributed by atoms with E-state index in [9.17, 15) is 9.59 Å². The number of carbonyl (C=O) groups is 2. The first kappa shape index (κ1) is 13.5. The number of anilines is 1. The van der Waals surface area contributed by atoms with E-state index in [1.165, 1.54) is 0 Å². The van der Waals surface area contributed by atoms with Crippen molar-refractivity contribution >= 4 is 17.5 Å². The smallest absolute Gasteiger partial charge is 0.259 e. The van der Waals surface area contributed by atoms with Gasteiger partial charge in [-0.1, -0.05) is 12.1 Å².